The third-order valence-corrected chi connectivity index (χ3v) is 8.01. The Morgan fingerprint density at radius 1 is 1.50 bits per heavy atom. The molecule has 1 fully saturated rings. The Labute approximate surface area is 142 Å². The summed E-state index contributed by atoms with van der Waals surface area (Å²) in [4.78, 5) is 17.4. The summed E-state index contributed by atoms with van der Waals surface area (Å²) in [6.45, 7) is 9.26. The van der Waals surface area contributed by atoms with E-state index >= 15 is 0 Å². The molecule has 1 amide bonds. The van der Waals surface area contributed by atoms with Crippen molar-refractivity contribution in [2.24, 2.45) is 5.92 Å². The van der Waals surface area contributed by atoms with Crippen LogP contribution in [-0.4, -0.2) is 41.9 Å². The SMILES string of the molecule is CCC1CN2C(=C1C#N)C(=O)N(C(C)C)C1I=C(C)C=CC12. The highest BCUT2D eigenvalue weighted by molar-refractivity contribution is 14.2. The van der Waals surface area contributed by atoms with Gasteiger partial charge in [-0.1, -0.05) is 39.8 Å². The molecule has 0 N–H and O–H groups in total. The second-order valence-electron chi connectivity index (χ2n) is 6.36. The fourth-order valence-electron chi connectivity index (χ4n) is 3.58. The molecule has 0 aromatic carbocycles. The van der Waals surface area contributed by atoms with Gasteiger partial charge in [-0.25, -0.2) is 0 Å². The fraction of sp³-hybridized carbons (Fsp3) is 0.588. The number of nitriles is 1. The van der Waals surface area contributed by atoms with Gasteiger partial charge in [0.05, 0.1) is 17.7 Å². The summed E-state index contributed by atoms with van der Waals surface area (Å²) in [5.74, 6) is 0.280. The third-order valence-electron chi connectivity index (χ3n) is 4.69. The van der Waals surface area contributed by atoms with Crippen LogP contribution in [-0.2, 0) is 4.79 Å². The van der Waals surface area contributed by atoms with Crippen molar-refractivity contribution >= 4 is 30.1 Å². The number of piperazine rings is 1. The first-order valence-corrected chi connectivity index (χ1v) is 10.2. The first-order chi connectivity index (χ1) is 10.5. The van der Waals surface area contributed by atoms with Crippen LogP contribution in [0.4, 0.5) is 0 Å². The smallest absolute Gasteiger partial charge is 0.272 e. The maximum Gasteiger partial charge on any atom is 0.272 e. The number of carbonyl (C=O) groups is 1. The van der Waals surface area contributed by atoms with E-state index in [9.17, 15) is 10.1 Å². The van der Waals surface area contributed by atoms with Crippen molar-refractivity contribution in [3.8, 4) is 6.07 Å². The number of fused-ring (bicyclic) bond motifs is 3. The highest BCUT2D eigenvalue weighted by atomic mass is 127. The third kappa shape index (κ3) is 2.23. The molecule has 1 saturated heterocycles. The summed E-state index contributed by atoms with van der Waals surface area (Å²) in [6, 6.07) is 2.76. The van der Waals surface area contributed by atoms with Gasteiger partial charge in [0.1, 0.15) is 9.75 Å². The van der Waals surface area contributed by atoms with Crippen LogP contribution in [0.3, 0.4) is 0 Å². The molecule has 3 rings (SSSR count). The molecule has 0 radical (unpaired) electrons. The van der Waals surface area contributed by atoms with Crippen LogP contribution < -0.4 is 0 Å². The maximum absolute atomic E-state index is 13.1. The largest absolute Gasteiger partial charge is 0.356 e. The lowest BCUT2D eigenvalue weighted by Gasteiger charge is -2.48. The lowest BCUT2D eigenvalue weighted by molar-refractivity contribution is -0.134. The van der Waals surface area contributed by atoms with Gasteiger partial charge in [0.25, 0.3) is 5.91 Å². The molecule has 0 saturated carbocycles. The van der Waals surface area contributed by atoms with E-state index in [2.05, 4.69) is 50.8 Å². The average Bonchev–Trinajstić information content (AvgIpc) is 2.85. The Morgan fingerprint density at radius 2 is 2.23 bits per heavy atom. The summed E-state index contributed by atoms with van der Waals surface area (Å²) in [6.07, 6.45) is 5.39. The highest BCUT2D eigenvalue weighted by Gasteiger charge is 2.49. The van der Waals surface area contributed by atoms with Gasteiger partial charge >= 0.3 is 0 Å². The van der Waals surface area contributed by atoms with Gasteiger partial charge < -0.3 is 9.80 Å². The summed E-state index contributed by atoms with van der Waals surface area (Å²) >= 11 is -0.186. The second-order valence-corrected chi connectivity index (χ2v) is 9.96. The van der Waals surface area contributed by atoms with E-state index in [0.29, 0.717) is 15.3 Å². The van der Waals surface area contributed by atoms with Crippen molar-refractivity contribution in [3.63, 3.8) is 0 Å². The molecule has 4 nitrogen and oxygen atoms in total. The second kappa shape index (κ2) is 5.80. The first kappa shape index (κ1) is 15.7. The molecule has 5 heteroatoms. The molecule has 3 aliphatic heterocycles. The monoisotopic (exact) mass is 411 g/mol. The number of allylic oxidation sites excluding steroid dienone is 1. The van der Waals surface area contributed by atoms with Crippen LogP contribution in [0.15, 0.2) is 23.4 Å². The van der Waals surface area contributed by atoms with Gasteiger partial charge in [-0.15, -0.1) is 0 Å². The molecule has 0 spiro atoms. The zero-order chi connectivity index (χ0) is 16.0. The van der Waals surface area contributed by atoms with Crippen LogP contribution in [0.1, 0.15) is 34.1 Å². The van der Waals surface area contributed by atoms with Crippen molar-refractivity contribution in [1.82, 2.24) is 9.80 Å². The highest BCUT2D eigenvalue weighted by Crippen LogP contribution is 2.43. The van der Waals surface area contributed by atoms with Gasteiger partial charge in [0.2, 0.25) is 0 Å². The predicted octanol–water partition coefficient (Wildman–Crippen LogP) is 2.78. The van der Waals surface area contributed by atoms with Gasteiger partial charge in [0, 0.05) is 18.5 Å². The Bertz CT molecular complexity index is 641. The van der Waals surface area contributed by atoms with Crippen LogP contribution in [0.25, 0.3) is 0 Å². The predicted molar refractivity (Wildman–Crippen MR) is 96.5 cm³/mol. The summed E-state index contributed by atoms with van der Waals surface area (Å²) in [5, 5.41) is 9.57. The van der Waals surface area contributed by atoms with E-state index in [0.717, 1.165) is 13.0 Å². The van der Waals surface area contributed by atoms with Crippen LogP contribution in [0, 0.1) is 17.2 Å². The van der Waals surface area contributed by atoms with Crippen LogP contribution in [0.5, 0.6) is 0 Å². The van der Waals surface area contributed by atoms with E-state index in [1.165, 1.54) is 3.51 Å². The normalized spacial score (nSPS) is 30.8. The zero-order valence-electron chi connectivity index (χ0n) is 13.5. The van der Waals surface area contributed by atoms with Gasteiger partial charge in [-0.2, -0.15) is 5.26 Å². The molecular weight excluding hydrogens is 389 g/mol. The van der Waals surface area contributed by atoms with Gasteiger partial charge in [-0.3, -0.25) is 4.79 Å². The quantitative estimate of drug-likeness (QED) is 0.399. The van der Waals surface area contributed by atoms with E-state index in [4.69, 9.17) is 0 Å². The molecule has 0 aromatic rings. The molecule has 3 aliphatic rings. The number of hydrogen-bond donors (Lipinski definition) is 0. The number of alkyl halides is 1. The molecule has 118 valence electrons. The maximum atomic E-state index is 13.1. The van der Waals surface area contributed by atoms with E-state index in [1.54, 1.807) is 0 Å². The van der Waals surface area contributed by atoms with E-state index in [-0.39, 0.29) is 44.6 Å². The molecule has 0 aliphatic carbocycles. The number of halogens is 1. The molecule has 3 heterocycles. The Balaban J connectivity index is 2.12. The lowest BCUT2D eigenvalue weighted by Crippen LogP contribution is -2.59. The molecular formula is C17H22IN3O. The summed E-state index contributed by atoms with van der Waals surface area (Å²) < 4.78 is 1.73. The summed E-state index contributed by atoms with van der Waals surface area (Å²) in [7, 11) is 0. The van der Waals surface area contributed by atoms with Gasteiger partial charge in [-0.05, 0) is 30.7 Å². The standard InChI is InChI=1S/C17H22IN3O/c1-5-12-9-20-14-7-6-11(4)18-16(14)21(10(2)3)17(22)15(20)13(12)8-19/h6-7,10,12,14,16H,5,9H2,1-4H3. The zero-order valence-corrected chi connectivity index (χ0v) is 15.7. The minimum atomic E-state index is -0.186. The molecule has 3 unspecified atom stereocenters. The number of carbonyl (C=O) groups excluding carboxylic acids is 1. The molecule has 3 atom stereocenters. The average molecular weight is 411 g/mol. The Kier molecular flexibility index (Phi) is 4.15. The van der Waals surface area contributed by atoms with Crippen molar-refractivity contribution < 1.29 is 4.79 Å². The molecule has 0 bridgehead atoms. The topological polar surface area (TPSA) is 47.3 Å². The minimum absolute atomic E-state index is 0.0755. The van der Waals surface area contributed by atoms with Gasteiger partial charge in [0.15, 0.2) is 0 Å². The van der Waals surface area contributed by atoms with Crippen molar-refractivity contribution in [3.05, 3.63) is 23.4 Å². The Hall–Kier alpha value is -1.16. The first-order valence-electron chi connectivity index (χ1n) is 7.88. The van der Waals surface area contributed by atoms with Crippen LogP contribution in [0.2, 0.25) is 0 Å². The van der Waals surface area contributed by atoms with E-state index < -0.39 is 0 Å². The number of amides is 1. The number of hydrogen-bond acceptors (Lipinski definition) is 3. The van der Waals surface area contributed by atoms with Crippen molar-refractivity contribution in [1.29, 1.82) is 5.26 Å². The van der Waals surface area contributed by atoms with Crippen molar-refractivity contribution in [2.45, 2.75) is 50.2 Å². The van der Waals surface area contributed by atoms with Crippen molar-refractivity contribution in [2.75, 3.05) is 6.54 Å². The number of rotatable bonds is 2. The van der Waals surface area contributed by atoms with Crippen LogP contribution >= 0.6 is 20.7 Å². The summed E-state index contributed by atoms with van der Waals surface area (Å²) in [5.41, 5.74) is 1.38. The number of nitrogens with zero attached hydrogens (tertiary/aromatic N) is 3. The molecule has 0 aromatic heterocycles. The Morgan fingerprint density at radius 3 is 2.82 bits per heavy atom. The minimum Gasteiger partial charge on any atom is -0.356 e. The fourth-order valence-corrected chi connectivity index (χ4v) is 7.19. The lowest BCUT2D eigenvalue weighted by atomic mass is 9.99. The van der Waals surface area contributed by atoms with E-state index in [1.807, 2.05) is 4.90 Å². The molecule has 22 heavy (non-hydrogen) atoms.